The highest BCUT2D eigenvalue weighted by atomic mass is 35.5. The van der Waals surface area contributed by atoms with Gasteiger partial charge in [0, 0.05) is 30.8 Å². The van der Waals surface area contributed by atoms with Crippen LogP contribution in [0.5, 0.6) is 5.75 Å². The van der Waals surface area contributed by atoms with Crippen LogP contribution in [0.2, 0.25) is 0 Å². The number of hydrogen-bond donors (Lipinski definition) is 1. The van der Waals surface area contributed by atoms with E-state index in [1.165, 1.54) is 23.1 Å². The van der Waals surface area contributed by atoms with Gasteiger partial charge in [-0.15, -0.1) is 12.4 Å². The molecule has 9 nitrogen and oxygen atoms in total. The maximum Gasteiger partial charge on any atom is 0.271 e. The summed E-state index contributed by atoms with van der Waals surface area (Å²) in [5, 5.41) is 14.4. The van der Waals surface area contributed by atoms with Crippen LogP contribution >= 0.6 is 12.4 Å². The average molecular weight is 397 g/mol. The molecule has 2 amide bonds. The van der Waals surface area contributed by atoms with Crippen LogP contribution in [0.15, 0.2) is 18.2 Å². The SMILES string of the molecule is Cl.O=C1COc2ccc([N+](=O)[O-])cc2N1CC(=O)N1C2CCNCC1CC2. The molecular weight excluding hydrogens is 376 g/mol. The topological polar surface area (TPSA) is 105 Å². The summed E-state index contributed by atoms with van der Waals surface area (Å²) in [7, 11) is 0. The molecule has 1 aromatic rings. The molecule has 1 N–H and O–H groups in total. The first-order valence-electron chi connectivity index (χ1n) is 8.78. The average Bonchev–Trinajstić information content (AvgIpc) is 2.89. The molecule has 2 unspecified atom stereocenters. The molecule has 1 aromatic carbocycles. The van der Waals surface area contributed by atoms with Crippen molar-refractivity contribution in [2.45, 2.75) is 31.3 Å². The zero-order valence-corrected chi connectivity index (χ0v) is 15.4. The van der Waals surface area contributed by atoms with Crippen LogP contribution in [0.3, 0.4) is 0 Å². The van der Waals surface area contributed by atoms with E-state index in [9.17, 15) is 19.7 Å². The van der Waals surface area contributed by atoms with E-state index in [4.69, 9.17) is 4.74 Å². The molecule has 0 aliphatic carbocycles. The lowest BCUT2D eigenvalue weighted by atomic mass is 10.1. The highest BCUT2D eigenvalue weighted by Crippen LogP contribution is 2.36. The van der Waals surface area contributed by atoms with Crippen molar-refractivity contribution in [1.82, 2.24) is 10.2 Å². The molecule has 27 heavy (non-hydrogen) atoms. The number of halogens is 1. The van der Waals surface area contributed by atoms with E-state index in [-0.39, 0.29) is 60.8 Å². The smallest absolute Gasteiger partial charge is 0.271 e. The number of non-ortho nitro benzene ring substituents is 1. The van der Waals surface area contributed by atoms with E-state index < -0.39 is 4.92 Å². The van der Waals surface area contributed by atoms with E-state index >= 15 is 0 Å². The Morgan fingerprint density at radius 1 is 1.30 bits per heavy atom. The largest absolute Gasteiger partial charge is 0.482 e. The van der Waals surface area contributed by atoms with Crippen molar-refractivity contribution >= 4 is 35.6 Å². The summed E-state index contributed by atoms with van der Waals surface area (Å²) < 4.78 is 5.35. The number of ether oxygens (including phenoxy) is 1. The molecule has 4 rings (SSSR count). The van der Waals surface area contributed by atoms with Crippen molar-refractivity contribution in [3.8, 4) is 5.75 Å². The number of nitrogens with zero attached hydrogens (tertiary/aromatic N) is 3. The third-order valence-electron chi connectivity index (χ3n) is 5.33. The first-order valence-corrected chi connectivity index (χ1v) is 8.78. The van der Waals surface area contributed by atoms with Crippen molar-refractivity contribution in [2.75, 3.05) is 31.1 Å². The molecule has 2 fully saturated rings. The third kappa shape index (κ3) is 3.57. The van der Waals surface area contributed by atoms with Gasteiger partial charge in [-0.25, -0.2) is 0 Å². The van der Waals surface area contributed by atoms with Crippen LogP contribution in [0, 0.1) is 10.1 Å². The monoisotopic (exact) mass is 396 g/mol. The maximum atomic E-state index is 13.0. The molecule has 2 saturated heterocycles. The van der Waals surface area contributed by atoms with Crippen LogP contribution in [0.1, 0.15) is 19.3 Å². The Kier molecular flexibility index (Phi) is 5.52. The van der Waals surface area contributed by atoms with Crippen molar-refractivity contribution in [2.24, 2.45) is 0 Å². The molecule has 3 heterocycles. The fraction of sp³-hybridized carbons (Fsp3) is 0.529. The second-order valence-electron chi connectivity index (χ2n) is 6.86. The number of amides is 2. The van der Waals surface area contributed by atoms with Gasteiger partial charge in [0.1, 0.15) is 12.3 Å². The standard InChI is InChI=1S/C17H20N4O5.ClH/c22-16(20-11-1-2-13(20)8-18-6-5-11)9-19-14-7-12(21(24)25)3-4-15(14)26-10-17(19)23;/h3-4,7,11,13,18H,1-2,5-6,8-10H2;1H. The number of nitro groups is 1. The predicted molar refractivity (Wildman–Crippen MR) is 99.3 cm³/mol. The minimum Gasteiger partial charge on any atom is -0.482 e. The zero-order chi connectivity index (χ0) is 18.3. The summed E-state index contributed by atoms with van der Waals surface area (Å²) in [5.41, 5.74) is 0.141. The Balaban J connectivity index is 0.00000210. The van der Waals surface area contributed by atoms with Crippen LogP contribution in [-0.4, -0.2) is 60.0 Å². The van der Waals surface area contributed by atoms with Gasteiger partial charge in [-0.1, -0.05) is 0 Å². The molecule has 2 atom stereocenters. The number of benzene rings is 1. The fourth-order valence-electron chi connectivity index (χ4n) is 4.08. The summed E-state index contributed by atoms with van der Waals surface area (Å²) in [6.07, 6.45) is 2.85. The number of carbonyl (C=O) groups is 2. The third-order valence-corrected chi connectivity index (χ3v) is 5.33. The highest BCUT2D eigenvalue weighted by Gasteiger charge is 2.39. The Labute approximate surface area is 162 Å². The summed E-state index contributed by atoms with van der Waals surface area (Å²) >= 11 is 0. The Bertz CT molecular complexity index is 760. The van der Waals surface area contributed by atoms with Crippen molar-refractivity contribution in [3.05, 3.63) is 28.3 Å². The fourth-order valence-corrected chi connectivity index (χ4v) is 4.08. The number of nitrogens with one attached hydrogen (secondary N) is 1. The molecule has 3 aliphatic rings. The lowest BCUT2D eigenvalue weighted by Gasteiger charge is -2.33. The van der Waals surface area contributed by atoms with Crippen molar-refractivity contribution < 1.29 is 19.2 Å². The number of carbonyl (C=O) groups excluding carboxylic acids is 2. The molecule has 0 aromatic heterocycles. The Hall–Kier alpha value is -2.39. The van der Waals surface area contributed by atoms with Crippen LogP contribution in [0.4, 0.5) is 11.4 Å². The summed E-state index contributed by atoms with van der Waals surface area (Å²) in [4.78, 5) is 39.1. The van der Waals surface area contributed by atoms with Gasteiger partial charge in [0.25, 0.3) is 11.6 Å². The quantitative estimate of drug-likeness (QED) is 0.605. The molecule has 146 valence electrons. The zero-order valence-electron chi connectivity index (χ0n) is 14.6. The molecule has 2 bridgehead atoms. The number of nitro benzene ring substituents is 1. The number of anilines is 1. The second kappa shape index (κ2) is 7.69. The second-order valence-corrected chi connectivity index (χ2v) is 6.86. The normalized spacial score (nSPS) is 23.8. The van der Waals surface area contributed by atoms with Crippen LogP contribution in [0.25, 0.3) is 0 Å². The van der Waals surface area contributed by atoms with Gasteiger partial charge in [-0.2, -0.15) is 0 Å². The Morgan fingerprint density at radius 2 is 2.07 bits per heavy atom. The van der Waals surface area contributed by atoms with E-state index in [0.29, 0.717) is 5.75 Å². The summed E-state index contributed by atoms with van der Waals surface area (Å²) in [6.45, 7) is 1.35. The molecular formula is C17H21ClN4O5. The van der Waals surface area contributed by atoms with Gasteiger partial charge in [0.05, 0.1) is 10.6 Å². The molecule has 10 heteroatoms. The minimum atomic E-state index is -0.528. The highest BCUT2D eigenvalue weighted by molar-refractivity contribution is 6.02. The lowest BCUT2D eigenvalue weighted by molar-refractivity contribution is -0.384. The number of rotatable bonds is 3. The summed E-state index contributed by atoms with van der Waals surface area (Å²) in [6, 6.07) is 4.43. The van der Waals surface area contributed by atoms with E-state index in [2.05, 4.69) is 5.32 Å². The van der Waals surface area contributed by atoms with Gasteiger partial charge in [-0.05, 0) is 31.9 Å². The summed E-state index contributed by atoms with van der Waals surface area (Å²) in [5.74, 6) is -0.107. The Morgan fingerprint density at radius 3 is 2.85 bits per heavy atom. The van der Waals surface area contributed by atoms with Crippen molar-refractivity contribution in [1.29, 1.82) is 0 Å². The maximum absolute atomic E-state index is 13.0. The molecule has 3 aliphatic heterocycles. The van der Waals surface area contributed by atoms with Crippen molar-refractivity contribution in [3.63, 3.8) is 0 Å². The molecule has 0 saturated carbocycles. The van der Waals surface area contributed by atoms with Gasteiger partial charge >= 0.3 is 0 Å². The number of hydrogen-bond acceptors (Lipinski definition) is 6. The van der Waals surface area contributed by atoms with Crippen LogP contribution < -0.4 is 15.0 Å². The predicted octanol–water partition coefficient (Wildman–Crippen LogP) is 1.09. The first-order chi connectivity index (χ1) is 12.5. The van der Waals surface area contributed by atoms with Gasteiger partial charge < -0.3 is 15.0 Å². The molecule has 0 radical (unpaired) electrons. The van der Waals surface area contributed by atoms with Gasteiger partial charge in [0.2, 0.25) is 5.91 Å². The van der Waals surface area contributed by atoms with Gasteiger partial charge in [0.15, 0.2) is 6.61 Å². The van der Waals surface area contributed by atoms with Gasteiger partial charge in [-0.3, -0.25) is 24.6 Å². The number of fused-ring (bicyclic) bond motifs is 3. The van der Waals surface area contributed by atoms with E-state index in [0.717, 1.165) is 32.4 Å². The first kappa shape index (κ1) is 19.4. The van der Waals surface area contributed by atoms with E-state index in [1.807, 2.05) is 4.90 Å². The molecule has 0 spiro atoms. The lowest BCUT2D eigenvalue weighted by Crippen LogP contribution is -2.50. The van der Waals surface area contributed by atoms with E-state index in [1.54, 1.807) is 0 Å². The van der Waals surface area contributed by atoms with Crippen LogP contribution in [-0.2, 0) is 9.59 Å². The minimum absolute atomic E-state index is 0.